The lowest BCUT2D eigenvalue weighted by atomic mass is 9.87. The molecule has 10 heteroatoms. The van der Waals surface area contributed by atoms with E-state index in [2.05, 4.69) is 22.1 Å². The highest BCUT2D eigenvalue weighted by Crippen LogP contribution is 2.45. The van der Waals surface area contributed by atoms with E-state index in [-0.39, 0.29) is 11.7 Å². The minimum atomic E-state index is -2.63. The number of hydrogen-bond acceptors (Lipinski definition) is 6. The van der Waals surface area contributed by atoms with Crippen molar-refractivity contribution in [3.8, 4) is 11.1 Å². The van der Waals surface area contributed by atoms with Crippen LogP contribution in [0.4, 0.5) is 25.0 Å². The topological polar surface area (TPSA) is 63.1 Å². The minimum Gasteiger partial charge on any atom is -0.444 e. The Balaban J connectivity index is 1.43. The smallest absolute Gasteiger partial charge is 0.410 e. The van der Waals surface area contributed by atoms with E-state index in [0.29, 0.717) is 36.7 Å². The van der Waals surface area contributed by atoms with Gasteiger partial charge in [0.15, 0.2) is 0 Å². The van der Waals surface area contributed by atoms with Crippen molar-refractivity contribution >= 4 is 17.5 Å². The number of aryl methyl sites for hydroxylation is 2. The summed E-state index contributed by atoms with van der Waals surface area (Å²) in [5.41, 5.74) is 6.88. The predicted molar refractivity (Wildman–Crippen MR) is 161 cm³/mol. The first-order valence-electron chi connectivity index (χ1n) is 15.1. The molecule has 230 valence electrons. The van der Waals surface area contributed by atoms with Crippen LogP contribution in [-0.2, 0) is 36.1 Å². The minimum absolute atomic E-state index is 0.00812. The number of fused-ring (bicyclic) bond motifs is 2. The first-order chi connectivity index (χ1) is 20.5. The average Bonchev–Trinajstić information content (AvgIpc) is 3.61. The van der Waals surface area contributed by atoms with Gasteiger partial charge < -0.3 is 14.5 Å². The van der Waals surface area contributed by atoms with E-state index in [9.17, 15) is 13.6 Å². The van der Waals surface area contributed by atoms with Crippen molar-refractivity contribution in [3.05, 3.63) is 64.5 Å². The molecule has 1 aromatic heterocycles. The number of hydrogen-bond donors (Lipinski definition) is 0. The number of rotatable bonds is 5. The Hall–Kier alpha value is -3.50. The molecule has 4 heterocycles. The van der Waals surface area contributed by atoms with Crippen LogP contribution in [0.1, 0.15) is 80.2 Å². The number of aromatic nitrogens is 2. The highest BCUT2D eigenvalue weighted by molar-refractivity contribution is 5.79. The summed E-state index contributed by atoms with van der Waals surface area (Å²) in [6, 6.07) is 8.10. The molecule has 2 aromatic carbocycles. The average molecular weight is 594 g/mol. The molecule has 3 aliphatic heterocycles. The van der Waals surface area contributed by atoms with Crippen LogP contribution in [0, 0.1) is 0 Å². The Labute approximate surface area is 252 Å². The van der Waals surface area contributed by atoms with Crippen molar-refractivity contribution in [1.29, 1.82) is 0 Å². The van der Waals surface area contributed by atoms with Gasteiger partial charge in [0, 0.05) is 67.5 Å². The summed E-state index contributed by atoms with van der Waals surface area (Å²) in [4.78, 5) is 22.6. The van der Waals surface area contributed by atoms with E-state index in [1.165, 1.54) is 5.56 Å². The highest BCUT2D eigenvalue weighted by atomic mass is 19.3. The SMILES string of the molecule is CON1CCC(c2cc3c(c(N4CCCc5cc(-c6cnn(C)c6)c(C(F)F)cc54)c2)CN(C(=O)OC(C)(C)C)C3)CC1. The summed E-state index contributed by atoms with van der Waals surface area (Å²) < 4.78 is 36.5. The van der Waals surface area contributed by atoms with E-state index in [1.807, 2.05) is 31.9 Å². The summed E-state index contributed by atoms with van der Waals surface area (Å²) in [5, 5.41) is 6.21. The molecule has 1 amide bonds. The molecule has 0 radical (unpaired) electrons. The summed E-state index contributed by atoms with van der Waals surface area (Å²) >= 11 is 0. The number of alkyl halides is 2. The fourth-order valence-corrected chi connectivity index (χ4v) is 6.71. The van der Waals surface area contributed by atoms with E-state index >= 15 is 0 Å². The van der Waals surface area contributed by atoms with Crippen molar-refractivity contribution < 1.29 is 23.1 Å². The zero-order valence-corrected chi connectivity index (χ0v) is 25.7. The van der Waals surface area contributed by atoms with Crippen LogP contribution in [0.15, 0.2) is 36.7 Å². The number of halogens is 2. The van der Waals surface area contributed by atoms with Crippen molar-refractivity contribution in [2.45, 2.75) is 77.5 Å². The Morgan fingerprint density at radius 1 is 1.02 bits per heavy atom. The maximum absolute atomic E-state index is 14.6. The van der Waals surface area contributed by atoms with Crippen molar-refractivity contribution in [3.63, 3.8) is 0 Å². The summed E-state index contributed by atoms with van der Waals surface area (Å²) in [6.07, 6.45) is 4.08. The Morgan fingerprint density at radius 2 is 1.79 bits per heavy atom. The van der Waals surface area contributed by atoms with Crippen LogP contribution in [0.25, 0.3) is 11.1 Å². The lowest BCUT2D eigenvalue weighted by Gasteiger charge is -2.35. The van der Waals surface area contributed by atoms with Gasteiger partial charge in [-0.3, -0.25) is 9.58 Å². The molecule has 0 N–H and O–H groups in total. The lowest BCUT2D eigenvalue weighted by Crippen LogP contribution is -2.33. The molecule has 1 saturated heterocycles. The Morgan fingerprint density at radius 3 is 2.44 bits per heavy atom. The molecule has 8 nitrogen and oxygen atoms in total. The lowest BCUT2D eigenvalue weighted by molar-refractivity contribution is -0.143. The van der Waals surface area contributed by atoms with Gasteiger partial charge in [0.05, 0.1) is 19.9 Å². The van der Waals surface area contributed by atoms with Crippen LogP contribution >= 0.6 is 0 Å². The third-order valence-electron chi connectivity index (χ3n) is 8.80. The molecule has 0 unspecified atom stereocenters. The van der Waals surface area contributed by atoms with E-state index in [1.54, 1.807) is 42.2 Å². The number of benzene rings is 2. The molecule has 43 heavy (non-hydrogen) atoms. The second-order valence-corrected chi connectivity index (χ2v) is 12.9. The number of piperidine rings is 1. The Bertz CT molecular complexity index is 1510. The second-order valence-electron chi connectivity index (χ2n) is 12.9. The molecule has 0 saturated carbocycles. The summed E-state index contributed by atoms with van der Waals surface area (Å²) in [6.45, 7) is 8.90. The molecule has 6 rings (SSSR count). The van der Waals surface area contributed by atoms with Crippen LogP contribution in [-0.4, -0.2) is 58.2 Å². The fourth-order valence-electron chi connectivity index (χ4n) is 6.71. The molecule has 0 bridgehead atoms. The zero-order valence-electron chi connectivity index (χ0n) is 25.7. The van der Waals surface area contributed by atoms with Gasteiger partial charge in [0.1, 0.15) is 5.60 Å². The molecule has 1 fully saturated rings. The van der Waals surface area contributed by atoms with E-state index in [4.69, 9.17) is 9.57 Å². The zero-order chi connectivity index (χ0) is 30.5. The van der Waals surface area contributed by atoms with Gasteiger partial charge in [0.25, 0.3) is 6.43 Å². The quantitative estimate of drug-likeness (QED) is 0.315. The van der Waals surface area contributed by atoms with Gasteiger partial charge in [-0.25, -0.2) is 13.6 Å². The van der Waals surface area contributed by atoms with Gasteiger partial charge in [-0.1, -0.05) is 6.07 Å². The maximum Gasteiger partial charge on any atom is 0.410 e. The molecular formula is C33H41F2N5O3. The van der Waals surface area contributed by atoms with E-state index in [0.717, 1.165) is 66.8 Å². The fraction of sp³-hybridized carbons (Fsp3) is 0.515. The number of nitrogens with zero attached hydrogens (tertiary/aromatic N) is 5. The van der Waals surface area contributed by atoms with Gasteiger partial charge in [-0.2, -0.15) is 10.2 Å². The van der Waals surface area contributed by atoms with Crippen molar-refractivity contribution in [1.82, 2.24) is 19.7 Å². The molecule has 0 aliphatic carbocycles. The summed E-state index contributed by atoms with van der Waals surface area (Å²) in [5.74, 6) is 0.347. The largest absolute Gasteiger partial charge is 0.444 e. The van der Waals surface area contributed by atoms with Gasteiger partial charge in [-0.15, -0.1) is 0 Å². The molecule has 0 spiro atoms. The van der Waals surface area contributed by atoms with Gasteiger partial charge in [0.2, 0.25) is 0 Å². The van der Waals surface area contributed by atoms with E-state index < -0.39 is 12.0 Å². The van der Waals surface area contributed by atoms with Crippen molar-refractivity contribution in [2.75, 3.05) is 31.6 Å². The van der Waals surface area contributed by atoms with Crippen LogP contribution in [0.3, 0.4) is 0 Å². The highest BCUT2D eigenvalue weighted by Gasteiger charge is 2.34. The first kappa shape index (κ1) is 29.6. The maximum atomic E-state index is 14.6. The number of anilines is 2. The number of ether oxygens (including phenoxy) is 1. The monoisotopic (exact) mass is 593 g/mol. The van der Waals surface area contributed by atoms with Crippen LogP contribution in [0.5, 0.6) is 0 Å². The molecule has 3 aromatic rings. The van der Waals surface area contributed by atoms with Crippen LogP contribution < -0.4 is 4.90 Å². The first-order valence-corrected chi connectivity index (χ1v) is 15.1. The van der Waals surface area contributed by atoms with Crippen LogP contribution in [0.2, 0.25) is 0 Å². The molecule has 0 atom stereocenters. The standard InChI is InChI=1S/C33H41F2N5O3/c1-33(2,3)43-32(41)38-19-24-13-23(21-8-11-39(42-5)12-9-21)15-30(28(24)20-38)40-10-6-7-22-14-26(25-17-36-37(4)18-25)27(31(34)35)16-29(22)40/h13-18,21,31H,6-12,19-20H2,1-5H3. The van der Waals surface area contributed by atoms with Gasteiger partial charge in [-0.05, 0) is 92.8 Å². The van der Waals surface area contributed by atoms with Crippen molar-refractivity contribution in [2.24, 2.45) is 7.05 Å². The third kappa shape index (κ3) is 5.99. The second kappa shape index (κ2) is 11.5. The third-order valence-corrected chi connectivity index (χ3v) is 8.80. The number of amides is 1. The number of hydroxylamine groups is 2. The Kier molecular flexibility index (Phi) is 7.93. The molecular weight excluding hydrogens is 552 g/mol. The normalized spacial score (nSPS) is 17.9. The summed E-state index contributed by atoms with van der Waals surface area (Å²) in [7, 11) is 3.50. The predicted octanol–water partition coefficient (Wildman–Crippen LogP) is 7.10. The number of carbonyl (C=O) groups excluding carboxylic acids is 1. The molecule has 3 aliphatic rings. The van der Waals surface area contributed by atoms with Gasteiger partial charge >= 0.3 is 6.09 Å². The number of carbonyl (C=O) groups is 1.